The SMILES string of the molecule is CC(=O)N[C@@H](C(=O)N1CCC[C@@H]1Cn1nc(C)cc1C)C1CCCC1. The molecule has 0 unspecified atom stereocenters. The van der Waals surface area contributed by atoms with Crippen LogP contribution in [0.4, 0.5) is 0 Å². The molecule has 1 aromatic heterocycles. The van der Waals surface area contributed by atoms with Crippen molar-refractivity contribution in [3.8, 4) is 0 Å². The van der Waals surface area contributed by atoms with Crippen molar-refractivity contribution in [2.45, 2.75) is 77.9 Å². The number of carbonyl (C=O) groups is 2. The molecule has 2 aliphatic rings. The van der Waals surface area contributed by atoms with Crippen LogP contribution in [0.15, 0.2) is 6.07 Å². The van der Waals surface area contributed by atoms with Gasteiger partial charge in [0.25, 0.3) is 0 Å². The third-order valence-electron chi connectivity index (χ3n) is 5.64. The predicted octanol–water partition coefficient (Wildman–Crippen LogP) is 2.19. The van der Waals surface area contributed by atoms with Crippen LogP contribution in [0.1, 0.15) is 56.8 Å². The van der Waals surface area contributed by atoms with Gasteiger partial charge in [0.05, 0.1) is 18.3 Å². The largest absolute Gasteiger partial charge is 0.344 e. The van der Waals surface area contributed by atoms with Crippen molar-refractivity contribution in [2.24, 2.45) is 5.92 Å². The molecular weight excluding hydrogens is 316 g/mol. The summed E-state index contributed by atoms with van der Waals surface area (Å²) in [5.74, 6) is 0.275. The van der Waals surface area contributed by atoms with Crippen LogP contribution in [0, 0.1) is 19.8 Å². The lowest BCUT2D eigenvalue weighted by Crippen LogP contribution is -2.53. The molecule has 1 saturated heterocycles. The van der Waals surface area contributed by atoms with Gasteiger partial charge in [-0.3, -0.25) is 14.3 Å². The quantitative estimate of drug-likeness (QED) is 0.889. The molecule has 0 aromatic carbocycles. The highest BCUT2D eigenvalue weighted by molar-refractivity contribution is 5.87. The van der Waals surface area contributed by atoms with Crippen LogP contribution in [-0.2, 0) is 16.1 Å². The molecule has 2 amide bonds. The van der Waals surface area contributed by atoms with E-state index in [1.54, 1.807) is 0 Å². The second-order valence-electron chi connectivity index (χ2n) is 7.66. The summed E-state index contributed by atoms with van der Waals surface area (Å²) in [6, 6.07) is 1.88. The van der Waals surface area contributed by atoms with Crippen LogP contribution < -0.4 is 5.32 Å². The average molecular weight is 346 g/mol. The Hall–Kier alpha value is -1.85. The van der Waals surface area contributed by atoms with Crippen molar-refractivity contribution in [3.05, 3.63) is 17.5 Å². The van der Waals surface area contributed by atoms with Crippen molar-refractivity contribution in [2.75, 3.05) is 6.54 Å². The van der Waals surface area contributed by atoms with Crippen molar-refractivity contribution in [3.63, 3.8) is 0 Å². The lowest BCUT2D eigenvalue weighted by molar-refractivity contribution is -0.138. The molecule has 25 heavy (non-hydrogen) atoms. The Kier molecular flexibility index (Phi) is 5.45. The zero-order chi connectivity index (χ0) is 18.0. The Morgan fingerprint density at radius 2 is 1.96 bits per heavy atom. The molecular formula is C19H30N4O2. The molecule has 1 aliphatic carbocycles. The molecule has 1 aromatic rings. The Morgan fingerprint density at radius 3 is 2.56 bits per heavy atom. The maximum atomic E-state index is 13.2. The summed E-state index contributed by atoms with van der Waals surface area (Å²) in [4.78, 5) is 26.9. The van der Waals surface area contributed by atoms with Gasteiger partial charge in [-0.1, -0.05) is 12.8 Å². The molecule has 0 spiro atoms. The standard InChI is InChI=1S/C19H30N4O2/c1-13-11-14(2)23(21-13)12-17-9-6-10-22(17)19(25)18(20-15(3)24)16-7-4-5-8-16/h11,16-18H,4-10,12H2,1-3H3,(H,20,24)/t17-,18-/m1/s1. The highest BCUT2D eigenvalue weighted by Crippen LogP contribution is 2.30. The van der Waals surface area contributed by atoms with Gasteiger partial charge in [0.1, 0.15) is 6.04 Å². The number of likely N-dealkylation sites (tertiary alicyclic amines) is 1. The van der Waals surface area contributed by atoms with Gasteiger partial charge < -0.3 is 10.2 Å². The van der Waals surface area contributed by atoms with Gasteiger partial charge >= 0.3 is 0 Å². The first-order valence-electron chi connectivity index (χ1n) is 9.54. The van der Waals surface area contributed by atoms with E-state index in [9.17, 15) is 9.59 Å². The van der Waals surface area contributed by atoms with E-state index >= 15 is 0 Å². The first-order valence-corrected chi connectivity index (χ1v) is 9.54. The molecule has 2 atom stereocenters. The molecule has 1 aliphatic heterocycles. The number of aromatic nitrogens is 2. The molecule has 2 heterocycles. The number of carbonyl (C=O) groups excluding carboxylic acids is 2. The van der Waals surface area contributed by atoms with Gasteiger partial charge in [-0.25, -0.2) is 0 Å². The topological polar surface area (TPSA) is 67.2 Å². The minimum atomic E-state index is -0.360. The van der Waals surface area contributed by atoms with Crippen LogP contribution in [-0.4, -0.2) is 45.1 Å². The van der Waals surface area contributed by atoms with Crippen molar-refractivity contribution in [1.82, 2.24) is 20.0 Å². The minimum absolute atomic E-state index is 0.103. The lowest BCUT2D eigenvalue weighted by atomic mass is 9.96. The van der Waals surface area contributed by atoms with Crippen molar-refractivity contribution >= 4 is 11.8 Å². The van der Waals surface area contributed by atoms with E-state index in [1.165, 1.54) is 6.92 Å². The fourth-order valence-corrected chi connectivity index (χ4v) is 4.44. The van der Waals surface area contributed by atoms with Gasteiger partial charge in [-0.2, -0.15) is 5.10 Å². The van der Waals surface area contributed by atoms with Crippen LogP contribution in [0.3, 0.4) is 0 Å². The van der Waals surface area contributed by atoms with E-state index in [1.807, 2.05) is 16.5 Å². The van der Waals surface area contributed by atoms with Gasteiger partial charge in [0.2, 0.25) is 11.8 Å². The summed E-state index contributed by atoms with van der Waals surface area (Å²) >= 11 is 0. The Bertz CT molecular complexity index is 633. The lowest BCUT2D eigenvalue weighted by Gasteiger charge is -2.32. The van der Waals surface area contributed by atoms with Crippen LogP contribution in [0.5, 0.6) is 0 Å². The van der Waals surface area contributed by atoms with Gasteiger partial charge in [-0.05, 0) is 51.5 Å². The minimum Gasteiger partial charge on any atom is -0.344 e. The first-order chi connectivity index (χ1) is 12.0. The van der Waals surface area contributed by atoms with Gasteiger partial charge in [-0.15, -0.1) is 0 Å². The summed E-state index contributed by atoms with van der Waals surface area (Å²) in [5.41, 5.74) is 2.14. The molecule has 6 nitrogen and oxygen atoms in total. The second kappa shape index (κ2) is 7.58. The Labute approximate surface area is 149 Å². The molecule has 3 rings (SSSR count). The molecule has 2 fully saturated rings. The van der Waals surface area contributed by atoms with Gasteiger partial charge in [0.15, 0.2) is 0 Å². The fourth-order valence-electron chi connectivity index (χ4n) is 4.44. The van der Waals surface area contributed by atoms with E-state index in [0.717, 1.165) is 63.0 Å². The maximum absolute atomic E-state index is 13.2. The molecule has 1 saturated carbocycles. The monoisotopic (exact) mass is 346 g/mol. The number of nitrogens with one attached hydrogen (secondary N) is 1. The number of nitrogens with zero attached hydrogens (tertiary/aromatic N) is 3. The zero-order valence-electron chi connectivity index (χ0n) is 15.6. The Balaban J connectivity index is 1.73. The third kappa shape index (κ3) is 4.05. The molecule has 0 radical (unpaired) electrons. The number of hydrogen-bond donors (Lipinski definition) is 1. The molecule has 138 valence electrons. The molecule has 1 N–H and O–H groups in total. The van der Waals surface area contributed by atoms with E-state index in [4.69, 9.17) is 0 Å². The fraction of sp³-hybridized carbons (Fsp3) is 0.737. The van der Waals surface area contributed by atoms with Crippen molar-refractivity contribution in [1.29, 1.82) is 0 Å². The van der Waals surface area contributed by atoms with Crippen LogP contribution in [0.25, 0.3) is 0 Å². The average Bonchev–Trinajstić information content (AvgIpc) is 3.27. The second-order valence-corrected chi connectivity index (χ2v) is 7.66. The number of amides is 2. The molecule has 0 bridgehead atoms. The van der Waals surface area contributed by atoms with E-state index in [0.29, 0.717) is 0 Å². The smallest absolute Gasteiger partial charge is 0.245 e. The number of aryl methyl sites for hydroxylation is 2. The summed E-state index contributed by atoms with van der Waals surface area (Å²) in [7, 11) is 0. The predicted molar refractivity (Wildman–Crippen MR) is 96.0 cm³/mol. The normalized spacial score (nSPS) is 22.4. The number of rotatable bonds is 5. The van der Waals surface area contributed by atoms with E-state index in [2.05, 4.69) is 23.4 Å². The maximum Gasteiger partial charge on any atom is 0.245 e. The van der Waals surface area contributed by atoms with Crippen molar-refractivity contribution < 1.29 is 9.59 Å². The first kappa shape index (κ1) is 18.0. The van der Waals surface area contributed by atoms with Gasteiger partial charge in [0, 0.05) is 19.2 Å². The number of hydrogen-bond acceptors (Lipinski definition) is 3. The Morgan fingerprint density at radius 1 is 1.24 bits per heavy atom. The van der Waals surface area contributed by atoms with E-state index < -0.39 is 0 Å². The third-order valence-corrected chi connectivity index (χ3v) is 5.64. The highest BCUT2D eigenvalue weighted by Gasteiger charge is 2.38. The van der Waals surface area contributed by atoms with Crippen LogP contribution in [0.2, 0.25) is 0 Å². The molecule has 6 heteroatoms. The summed E-state index contributed by atoms with van der Waals surface area (Å²) in [6.07, 6.45) is 6.40. The zero-order valence-corrected chi connectivity index (χ0v) is 15.6. The highest BCUT2D eigenvalue weighted by atomic mass is 16.2. The summed E-state index contributed by atoms with van der Waals surface area (Å²) in [5, 5.41) is 7.49. The van der Waals surface area contributed by atoms with E-state index in [-0.39, 0.29) is 29.8 Å². The van der Waals surface area contributed by atoms with Crippen LogP contribution >= 0.6 is 0 Å². The summed E-state index contributed by atoms with van der Waals surface area (Å²) in [6.45, 7) is 7.08. The summed E-state index contributed by atoms with van der Waals surface area (Å²) < 4.78 is 2.01.